The lowest BCUT2D eigenvalue weighted by Crippen LogP contribution is -2.13. The Morgan fingerprint density at radius 1 is 1.19 bits per heavy atom. The molecular weight excluding hydrogens is 362 g/mol. The van der Waals surface area contributed by atoms with Crippen LogP contribution in [0.2, 0.25) is 0 Å². The minimum absolute atomic E-state index is 0.284. The number of hydrogen-bond donors (Lipinski definition) is 2. The predicted molar refractivity (Wildman–Crippen MR) is 109 cm³/mol. The van der Waals surface area contributed by atoms with E-state index >= 15 is 0 Å². The number of benzene rings is 2. The Morgan fingerprint density at radius 3 is 2.67 bits per heavy atom. The average molecular weight is 383 g/mol. The van der Waals surface area contributed by atoms with E-state index in [1.165, 1.54) is 11.3 Å². The van der Waals surface area contributed by atoms with Gasteiger partial charge in [-0.25, -0.2) is 4.98 Å². The third-order valence-corrected chi connectivity index (χ3v) is 4.52. The molecule has 0 saturated heterocycles. The lowest BCUT2D eigenvalue weighted by Gasteiger charge is -2.10. The van der Waals surface area contributed by atoms with Crippen molar-refractivity contribution in [3.63, 3.8) is 0 Å². The minimum atomic E-state index is -0.284. The minimum Gasteiger partial charge on any atom is -0.495 e. The average Bonchev–Trinajstić information content (AvgIpc) is 3.13. The van der Waals surface area contributed by atoms with Crippen LogP contribution in [-0.2, 0) is 0 Å². The van der Waals surface area contributed by atoms with Gasteiger partial charge in [-0.3, -0.25) is 4.79 Å². The molecule has 0 radical (unpaired) electrons. The van der Waals surface area contributed by atoms with Gasteiger partial charge >= 0.3 is 0 Å². The van der Waals surface area contributed by atoms with E-state index in [1.54, 1.807) is 12.5 Å². The molecule has 27 heavy (non-hydrogen) atoms. The monoisotopic (exact) mass is 383 g/mol. The quantitative estimate of drug-likeness (QED) is 0.610. The van der Waals surface area contributed by atoms with Gasteiger partial charge in [-0.2, -0.15) is 0 Å². The Kier molecular flexibility index (Phi) is 5.93. The normalized spacial score (nSPS) is 10.3. The molecule has 1 heterocycles. The highest BCUT2D eigenvalue weighted by molar-refractivity contribution is 7.14. The Morgan fingerprint density at radius 2 is 1.96 bits per heavy atom. The Hall–Kier alpha value is -3.06. The molecule has 0 aliphatic carbocycles. The first-order valence-corrected chi connectivity index (χ1v) is 9.38. The number of carbonyl (C=O) groups is 1. The van der Waals surface area contributed by atoms with Crippen LogP contribution in [-0.4, -0.2) is 24.6 Å². The van der Waals surface area contributed by atoms with Gasteiger partial charge in [-0.05, 0) is 55.8 Å². The molecule has 3 aromatic rings. The number of thiazole rings is 1. The molecule has 0 unspecified atom stereocenters. The van der Waals surface area contributed by atoms with Crippen molar-refractivity contribution in [1.29, 1.82) is 0 Å². The standard InChI is InChI=1S/C20H21N3O3S/c1-4-26-15-8-6-14(7-9-15)21-20-23-17(12-27-20)19(24)22-16-10-5-13(2)11-18(16)25-3/h5-12H,4H2,1-3H3,(H,21,23)(H,22,24). The summed E-state index contributed by atoms with van der Waals surface area (Å²) in [5, 5.41) is 8.38. The molecule has 6 nitrogen and oxygen atoms in total. The van der Waals surface area contributed by atoms with Crippen molar-refractivity contribution in [3.8, 4) is 11.5 Å². The van der Waals surface area contributed by atoms with Crippen molar-refractivity contribution < 1.29 is 14.3 Å². The highest BCUT2D eigenvalue weighted by atomic mass is 32.1. The molecule has 1 aromatic heterocycles. The lowest BCUT2D eigenvalue weighted by molar-refractivity contribution is 0.102. The Labute approximate surface area is 162 Å². The van der Waals surface area contributed by atoms with Crippen molar-refractivity contribution in [1.82, 2.24) is 4.98 Å². The van der Waals surface area contributed by atoms with E-state index in [0.29, 0.717) is 28.9 Å². The first kappa shape index (κ1) is 18.7. The number of aromatic nitrogens is 1. The van der Waals surface area contributed by atoms with Crippen molar-refractivity contribution in [2.45, 2.75) is 13.8 Å². The van der Waals surface area contributed by atoms with Gasteiger partial charge in [-0.1, -0.05) is 6.07 Å². The highest BCUT2D eigenvalue weighted by Crippen LogP contribution is 2.27. The molecule has 3 rings (SSSR count). The molecule has 7 heteroatoms. The summed E-state index contributed by atoms with van der Waals surface area (Å²) in [6, 6.07) is 13.2. The van der Waals surface area contributed by atoms with Crippen molar-refractivity contribution in [2.75, 3.05) is 24.4 Å². The maximum atomic E-state index is 12.5. The van der Waals surface area contributed by atoms with Gasteiger partial charge < -0.3 is 20.1 Å². The van der Waals surface area contributed by atoms with Crippen molar-refractivity contribution >= 4 is 33.8 Å². The van der Waals surface area contributed by atoms with Gasteiger partial charge in [0.25, 0.3) is 5.91 Å². The maximum absolute atomic E-state index is 12.5. The molecule has 0 saturated carbocycles. The molecular formula is C20H21N3O3S. The van der Waals surface area contributed by atoms with Crippen LogP contribution in [0.4, 0.5) is 16.5 Å². The van der Waals surface area contributed by atoms with Crippen molar-refractivity contribution in [2.24, 2.45) is 0 Å². The summed E-state index contributed by atoms with van der Waals surface area (Å²) in [5.41, 5.74) is 2.89. The second kappa shape index (κ2) is 8.55. The number of aryl methyl sites for hydroxylation is 1. The molecule has 0 bridgehead atoms. The molecule has 2 N–H and O–H groups in total. The molecule has 0 atom stereocenters. The van der Waals surface area contributed by atoms with Crippen LogP contribution in [0, 0.1) is 6.92 Å². The molecule has 0 aliphatic rings. The van der Waals surface area contributed by atoms with Gasteiger partial charge in [0, 0.05) is 11.1 Å². The van der Waals surface area contributed by atoms with E-state index in [1.807, 2.05) is 56.3 Å². The van der Waals surface area contributed by atoms with Crippen LogP contribution in [0.3, 0.4) is 0 Å². The lowest BCUT2D eigenvalue weighted by atomic mass is 10.2. The van der Waals surface area contributed by atoms with E-state index < -0.39 is 0 Å². The van der Waals surface area contributed by atoms with E-state index in [-0.39, 0.29) is 5.91 Å². The molecule has 0 fully saturated rings. The Bertz CT molecular complexity index is 922. The number of ether oxygens (including phenoxy) is 2. The van der Waals surface area contributed by atoms with E-state index in [4.69, 9.17) is 9.47 Å². The molecule has 0 aliphatic heterocycles. The van der Waals surface area contributed by atoms with Crippen LogP contribution in [0.5, 0.6) is 11.5 Å². The number of hydrogen-bond acceptors (Lipinski definition) is 6. The predicted octanol–water partition coefficient (Wildman–Crippen LogP) is 4.85. The SMILES string of the molecule is CCOc1ccc(Nc2nc(C(=O)Nc3ccc(C)cc3OC)cs2)cc1. The fraction of sp³-hybridized carbons (Fsp3) is 0.200. The van der Waals surface area contributed by atoms with Gasteiger partial charge in [-0.15, -0.1) is 11.3 Å². The molecule has 0 spiro atoms. The summed E-state index contributed by atoms with van der Waals surface area (Å²) in [5.74, 6) is 1.15. The van der Waals surface area contributed by atoms with Gasteiger partial charge in [0.1, 0.15) is 17.2 Å². The van der Waals surface area contributed by atoms with Crippen LogP contribution in [0.15, 0.2) is 47.8 Å². The third-order valence-electron chi connectivity index (χ3n) is 3.76. The number of amides is 1. The van der Waals surface area contributed by atoms with Crippen LogP contribution in [0.25, 0.3) is 0 Å². The van der Waals surface area contributed by atoms with E-state index in [2.05, 4.69) is 15.6 Å². The maximum Gasteiger partial charge on any atom is 0.275 e. The van der Waals surface area contributed by atoms with Crippen LogP contribution in [0.1, 0.15) is 23.0 Å². The number of rotatable bonds is 7. The summed E-state index contributed by atoms with van der Waals surface area (Å²) < 4.78 is 10.7. The smallest absolute Gasteiger partial charge is 0.275 e. The van der Waals surface area contributed by atoms with Gasteiger partial charge in [0.15, 0.2) is 5.13 Å². The summed E-state index contributed by atoms with van der Waals surface area (Å²) in [4.78, 5) is 16.8. The number of nitrogens with one attached hydrogen (secondary N) is 2. The fourth-order valence-electron chi connectivity index (χ4n) is 2.45. The summed E-state index contributed by atoms with van der Waals surface area (Å²) >= 11 is 1.36. The fourth-order valence-corrected chi connectivity index (χ4v) is 3.16. The zero-order chi connectivity index (χ0) is 19.2. The summed E-state index contributed by atoms with van der Waals surface area (Å²) in [6.45, 7) is 4.54. The first-order chi connectivity index (χ1) is 13.1. The molecule has 2 aromatic carbocycles. The zero-order valence-electron chi connectivity index (χ0n) is 15.4. The summed E-state index contributed by atoms with van der Waals surface area (Å²) in [6.07, 6.45) is 0. The number of anilines is 3. The van der Waals surface area contributed by atoms with E-state index in [9.17, 15) is 4.79 Å². The third kappa shape index (κ3) is 4.77. The first-order valence-electron chi connectivity index (χ1n) is 8.50. The number of nitrogens with zero attached hydrogens (tertiary/aromatic N) is 1. The van der Waals surface area contributed by atoms with Crippen LogP contribution < -0.4 is 20.1 Å². The second-order valence-corrected chi connectivity index (χ2v) is 6.64. The Balaban J connectivity index is 1.67. The second-order valence-electron chi connectivity index (χ2n) is 5.78. The largest absolute Gasteiger partial charge is 0.495 e. The molecule has 140 valence electrons. The summed E-state index contributed by atoms with van der Waals surface area (Å²) in [7, 11) is 1.58. The number of methoxy groups -OCH3 is 1. The van der Waals surface area contributed by atoms with E-state index in [0.717, 1.165) is 17.0 Å². The zero-order valence-corrected chi connectivity index (χ0v) is 16.2. The topological polar surface area (TPSA) is 72.5 Å². The highest BCUT2D eigenvalue weighted by Gasteiger charge is 2.13. The van der Waals surface area contributed by atoms with Gasteiger partial charge in [0.2, 0.25) is 0 Å². The number of carbonyl (C=O) groups excluding carboxylic acids is 1. The van der Waals surface area contributed by atoms with Crippen molar-refractivity contribution in [3.05, 3.63) is 59.1 Å². The van der Waals surface area contributed by atoms with Gasteiger partial charge in [0.05, 0.1) is 19.4 Å². The van der Waals surface area contributed by atoms with Crippen LogP contribution >= 0.6 is 11.3 Å². The molecule has 1 amide bonds.